The molecule has 1 aromatic heterocycles. The van der Waals surface area contributed by atoms with Gasteiger partial charge in [0.25, 0.3) is 0 Å². The normalized spacial score (nSPS) is 11.9. The van der Waals surface area contributed by atoms with Crippen molar-refractivity contribution >= 4 is 16.9 Å². The fourth-order valence-electron chi connectivity index (χ4n) is 0.623. The molecule has 0 amide bonds. The van der Waals surface area contributed by atoms with E-state index in [1.807, 2.05) is 18.4 Å². The average molecular weight is 170 g/mol. The zero-order chi connectivity index (χ0) is 8.10. The number of nitrogens with zero attached hydrogens (tertiary/aromatic N) is 1. The molecule has 0 aliphatic rings. The van der Waals surface area contributed by atoms with E-state index in [9.17, 15) is 0 Å². The Morgan fingerprint density at radius 3 is 3.18 bits per heavy atom. The Hall–Kier alpha value is -0.900. The fourth-order valence-corrected chi connectivity index (χ4v) is 0.817. The number of hydrogen-bond acceptors (Lipinski definition) is 3. The molecule has 3 nitrogen and oxygen atoms in total. The molecule has 0 aliphatic carbocycles. The first kappa shape index (κ1) is 8.20. The molecule has 1 heterocycles. The Bertz CT molecular complexity index is 231. The predicted octanol–water partition coefficient (Wildman–Crippen LogP) is 1.46. The lowest BCUT2D eigenvalue weighted by Gasteiger charge is -1.92. The summed E-state index contributed by atoms with van der Waals surface area (Å²) >= 11 is 1.43. The van der Waals surface area contributed by atoms with Crippen LogP contribution < -0.4 is 5.73 Å². The topological polar surface area (TPSA) is 51.5 Å². The Kier molecular flexibility index (Phi) is 3.04. The summed E-state index contributed by atoms with van der Waals surface area (Å²) in [4.78, 5) is 4.05. The Morgan fingerprint density at radius 2 is 2.64 bits per heavy atom. The highest BCUT2D eigenvalue weighted by Crippen LogP contribution is 2.02. The first-order valence-corrected chi connectivity index (χ1v) is 4.41. The molecular formula is C7H10N2OS. The molecule has 4 heteroatoms. The Labute approximate surface area is 69.7 Å². The third-order valence-electron chi connectivity index (χ3n) is 1.18. The molecule has 0 aliphatic heterocycles. The third-order valence-corrected chi connectivity index (χ3v) is 1.73. The summed E-state index contributed by atoms with van der Waals surface area (Å²) < 4.78 is 5.06. The van der Waals surface area contributed by atoms with Crippen LogP contribution in [0.15, 0.2) is 27.8 Å². The highest BCUT2D eigenvalue weighted by molar-refractivity contribution is 8.13. The van der Waals surface area contributed by atoms with Gasteiger partial charge in [0.15, 0.2) is 5.17 Å². The molecule has 0 saturated carbocycles. The largest absolute Gasteiger partial charge is 0.467 e. The summed E-state index contributed by atoms with van der Waals surface area (Å²) in [6, 6.07) is 3.71. The second-order valence-corrected chi connectivity index (χ2v) is 2.76. The van der Waals surface area contributed by atoms with Gasteiger partial charge in [0, 0.05) is 0 Å². The molecule has 1 rings (SSSR count). The first-order chi connectivity index (χ1) is 5.33. The van der Waals surface area contributed by atoms with E-state index in [2.05, 4.69) is 4.99 Å². The minimum absolute atomic E-state index is 0.527. The van der Waals surface area contributed by atoms with Crippen molar-refractivity contribution in [3.63, 3.8) is 0 Å². The lowest BCUT2D eigenvalue weighted by molar-refractivity contribution is 0.513. The number of aliphatic imine (C=N–C) groups is 1. The molecule has 0 atom stereocenters. The van der Waals surface area contributed by atoms with Gasteiger partial charge in [-0.1, -0.05) is 11.8 Å². The standard InChI is InChI=1S/C7H10N2OS/c1-11-7(8)9-5-6-3-2-4-10-6/h2-4H,5H2,1H3,(H2,8,9). The molecule has 0 bridgehead atoms. The van der Waals surface area contributed by atoms with E-state index in [4.69, 9.17) is 10.2 Å². The van der Waals surface area contributed by atoms with Crippen LogP contribution in [0.25, 0.3) is 0 Å². The van der Waals surface area contributed by atoms with E-state index in [0.717, 1.165) is 5.76 Å². The maximum Gasteiger partial charge on any atom is 0.154 e. The number of thioether (sulfide) groups is 1. The van der Waals surface area contributed by atoms with Gasteiger partial charge in [-0.2, -0.15) is 0 Å². The quantitative estimate of drug-likeness (QED) is 0.540. The van der Waals surface area contributed by atoms with Gasteiger partial charge in [-0.25, -0.2) is 0 Å². The van der Waals surface area contributed by atoms with Crippen LogP contribution in [-0.4, -0.2) is 11.4 Å². The maximum absolute atomic E-state index is 5.46. The van der Waals surface area contributed by atoms with Crippen LogP contribution in [0.4, 0.5) is 0 Å². The van der Waals surface area contributed by atoms with Crippen molar-refractivity contribution in [2.45, 2.75) is 6.54 Å². The summed E-state index contributed by atoms with van der Waals surface area (Å²) in [5, 5.41) is 0.585. The van der Waals surface area contributed by atoms with Crippen LogP contribution in [0.1, 0.15) is 5.76 Å². The van der Waals surface area contributed by atoms with E-state index in [-0.39, 0.29) is 0 Å². The average Bonchev–Trinajstić information content (AvgIpc) is 2.52. The van der Waals surface area contributed by atoms with Crippen molar-refractivity contribution in [2.75, 3.05) is 6.26 Å². The van der Waals surface area contributed by atoms with Crippen molar-refractivity contribution in [1.29, 1.82) is 0 Å². The fraction of sp³-hybridized carbons (Fsp3) is 0.286. The highest BCUT2D eigenvalue weighted by atomic mass is 32.2. The van der Waals surface area contributed by atoms with E-state index < -0.39 is 0 Å². The first-order valence-electron chi connectivity index (χ1n) is 3.19. The van der Waals surface area contributed by atoms with E-state index >= 15 is 0 Å². The van der Waals surface area contributed by atoms with Gasteiger partial charge in [0.05, 0.1) is 12.8 Å². The molecule has 1 aromatic rings. The SMILES string of the molecule is CSC(N)=NCc1ccco1. The van der Waals surface area contributed by atoms with Crippen LogP contribution in [0, 0.1) is 0 Å². The van der Waals surface area contributed by atoms with Crippen molar-refractivity contribution in [3.05, 3.63) is 24.2 Å². The van der Waals surface area contributed by atoms with Gasteiger partial charge in [-0.05, 0) is 18.4 Å². The van der Waals surface area contributed by atoms with E-state index in [1.54, 1.807) is 6.26 Å². The van der Waals surface area contributed by atoms with Gasteiger partial charge >= 0.3 is 0 Å². The molecular weight excluding hydrogens is 160 g/mol. The zero-order valence-electron chi connectivity index (χ0n) is 6.28. The van der Waals surface area contributed by atoms with Crippen LogP contribution in [0.2, 0.25) is 0 Å². The molecule has 0 fully saturated rings. The summed E-state index contributed by atoms with van der Waals surface area (Å²) in [6.07, 6.45) is 3.51. The van der Waals surface area contributed by atoms with Gasteiger partial charge in [-0.3, -0.25) is 4.99 Å². The zero-order valence-corrected chi connectivity index (χ0v) is 7.10. The highest BCUT2D eigenvalue weighted by Gasteiger charge is 1.92. The maximum atomic E-state index is 5.46. The lowest BCUT2D eigenvalue weighted by atomic mass is 10.5. The monoisotopic (exact) mass is 170 g/mol. The van der Waals surface area contributed by atoms with Crippen molar-refractivity contribution in [3.8, 4) is 0 Å². The van der Waals surface area contributed by atoms with Crippen molar-refractivity contribution < 1.29 is 4.42 Å². The Morgan fingerprint density at radius 1 is 1.82 bits per heavy atom. The minimum atomic E-state index is 0.527. The third kappa shape index (κ3) is 2.67. The van der Waals surface area contributed by atoms with Gasteiger partial charge in [-0.15, -0.1) is 0 Å². The van der Waals surface area contributed by atoms with Crippen LogP contribution in [0.5, 0.6) is 0 Å². The number of amidine groups is 1. The smallest absolute Gasteiger partial charge is 0.154 e. The predicted molar refractivity (Wildman–Crippen MR) is 47.5 cm³/mol. The van der Waals surface area contributed by atoms with Gasteiger partial charge in [0.2, 0.25) is 0 Å². The van der Waals surface area contributed by atoms with Gasteiger partial charge in [0.1, 0.15) is 5.76 Å². The van der Waals surface area contributed by atoms with E-state index in [0.29, 0.717) is 11.7 Å². The summed E-state index contributed by atoms with van der Waals surface area (Å²) in [6.45, 7) is 0.527. The molecule has 0 unspecified atom stereocenters. The lowest BCUT2D eigenvalue weighted by Crippen LogP contribution is -2.05. The summed E-state index contributed by atoms with van der Waals surface area (Å²) in [7, 11) is 0. The minimum Gasteiger partial charge on any atom is -0.467 e. The van der Waals surface area contributed by atoms with Crippen LogP contribution in [-0.2, 0) is 6.54 Å². The van der Waals surface area contributed by atoms with E-state index in [1.165, 1.54) is 11.8 Å². The molecule has 60 valence electrons. The van der Waals surface area contributed by atoms with Crippen LogP contribution in [0.3, 0.4) is 0 Å². The molecule has 0 radical (unpaired) electrons. The number of rotatable bonds is 2. The summed E-state index contributed by atoms with van der Waals surface area (Å²) in [5.41, 5.74) is 5.46. The second-order valence-electron chi connectivity index (χ2n) is 1.94. The Balaban J connectivity index is 2.45. The molecule has 0 saturated heterocycles. The molecule has 11 heavy (non-hydrogen) atoms. The molecule has 0 spiro atoms. The second kappa shape index (κ2) is 4.08. The number of nitrogens with two attached hydrogens (primary N) is 1. The van der Waals surface area contributed by atoms with Crippen molar-refractivity contribution in [2.24, 2.45) is 10.7 Å². The number of furan rings is 1. The van der Waals surface area contributed by atoms with Crippen LogP contribution >= 0.6 is 11.8 Å². The molecule has 0 aromatic carbocycles. The van der Waals surface area contributed by atoms with Crippen molar-refractivity contribution in [1.82, 2.24) is 0 Å². The summed E-state index contributed by atoms with van der Waals surface area (Å²) in [5.74, 6) is 0.835. The number of hydrogen-bond donors (Lipinski definition) is 1. The van der Waals surface area contributed by atoms with Gasteiger partial charge < -0.3 is 10.2 Å². The molecule has 2 N–H and O–H groups in total.